The molecule has 32 heavy (non-hydrogen) atoms. The number of hydrogen-bond acceptors (Lipinski definition) is 5. The number of amides is 2. The minimum atomic E-state index is -4.33. The van der Waals surface area contributed by atoms with Crippen molar-refractivity contribution in [3.8, 4) is 0 Å². The van der Waals surface area contributed by atoms with Crippen LogP contribution in [0.25, 0.3) is 0 Å². The van der Waals surface area contributed by atoms with Crippen LogP contribution in [0.3, 0.4) is 0 Å². The van der Waals surface area contributed by atoms with Crippen LogP contribution in [0.4, 0.5) is 23.8 Å². The van der Waals surface area contributed by atoms with Crippen molar-refractivity contribution < 1.29 is 27.5 Å². The molecule has 2 atom stereocenters. The zero-order valence-corrected chi connectivity index (χ0v) is 17.5. The fourth-order valence-corrected chi connectivity index (χ4v) is 4.01. The SMILES string of the molecule is Cc1ccc(C(=O)Nc2cc(C3CCC(OC(=O)NC4(CC(F)(F)F)CC4)C3)[nH]n2)cn1. The second-order valence-electron chi connectivity index (χ2n) is 8.59. The summed E-state index contributed by atoms with van der Waals surface area (Å²) in [5.41, 5.74) is 0.809. The summed E-state index contributed by atoms with van der Waals surface area (Å²) >= 11 is 0. The standard InChI is InChI=1S/C21H24F3N5O3/c1-12-2-3-14(10-25-12)18(30)26-17-9-16(28-29-17)13-4-5-15(8-13)32-19(31)27-20(6-7-20)11-21(22,23)24/h2-3,9-10,13,15H,4-8,11H2,1H3,(H,27,31)(H2,26,28,29,30). The Labute approximate surface area is 182 Å². The van der Waals surface area contributed by atoms with Crippen LogP contribution in [0.15, 0.2) is 24.4 Å². The van der Waals surface area contributed by atoms with E-state index in [9.17, 15) is 22.8 Å². The van der Waals surface area contributed by atoms with Gasteiger partial charge in [0.2, 0.25) is 0 Å². The van der Waals surface area contributed by atoms with Gasteiger partial charge in [0.25, 0.3) is 5.91 Å². The van der Waals surface area contributed by atoms with Crippen LogP contribution in [-0.4, -0.2) is 45.0 Å². The number of carbonyl (C=O) groups excluding carboxylic acids is 2. The molecule has 4 rings (SSSR count). The summed E-state index contributed by atoms with van der Waals surface area (Å²) in [6.07, 6.45) is -2.62. The number of alkyl carbamates (subject to hydrolysis) is 1. The average Bonchev–Trinajstić information content (AvgIpc) is 3.09. The number of hydrogen-bond donors (Lipinski definition) is 3. The van der Waals surface area contributed by atoms with Gasteiger partial charge in [-0.3, -0.25) is 14.9 Å². The summed E-state index contributed by atoms with van der Waals surface area (Å²) in [7, 11) is 0. The smallest absolute Gasteiger partial charge is 0.407 e. The van der Waals surface area contributed by atoms with Crippen LogP contribution < -0.4 is 10.6 Å². The van der Waals surface area contributed by atoms with E-state index in [1.165, 1.54) is 6.20 Å². The molecule has 0 bridgehead atoms. The number of H-pyrrole nitrogens is 1. The number of ether oxygens (including phenoxy) is 1. The molecule has 2 aromatic rings. The first-order valence-electron chi connectivity index (χ1n) is 10.5. The first kappa shape index (κ1) is 22.1. The summed E-state index contributed by atoms with van der Waals surface area (Å²) in [5.74, 6) is 0.0836. The van der Waals surface area contributed by atoms with E-state index >= 15 is 0 Å². The lowest BCUT2D eigenvalue weighted by Crippen LogP contribution is -2.41. The van der Waals surface area contributed by atoms with Crippen LogP contribution in [0.1, 0.15) is 66.2 Å². The highest BCUT2D eigenvalue weighted by atomic mass is 19.4. The Kier molecular flexibility index (Phi) is 5.83. The summed E-state index contributed by atoms with van der Waals surface area (Å²) in [6.45, 7) is 1.83. The fourth-order valence-electron chi connectivity index (χ4n) is 4.01. The zero-order valence-electron chi connectivity index (χ0n) is 17.5. The highest BCUT2D eigenvalue weighted by Gasteiger charge is 2.52. The number of aryl methyl sites for hydroxylation is 1. The van der Waals surface area contributed by atoms with Gasteiger partial charge < -0.3 is 15.4 Å². The van der Waals surface area contributed by atoms with Crippen molar-refractivity contribution in [2.24, 2.45) is 0 Å². The molecule has 2 aliphatic carbocycles. The van der Waals surface area contributed by atoms with Gasteiger partial charge in [0, 0.05) is 29.6 Å². The van der Waals surface area contributed by atoms with Crippen LogP contribution in [0.2, 0.25) is 0 Å². The summed E-state index contributed by atoms with van der Waals surface area (Å²) in [5, 5.41) is 12.1. The van der Waals surface area contributed by atoms with Gasteiger partial charge >= 0.3 is 12.3 Å². The van der Waals surface area contributed by atoms with Gasteiger partial charge in [0.05, 0.1) is 17.5 Å². The topological polar surface area (TPSA) is 109 Å². The minimum Gasteiger partial charge on any atom is -0.446 e. The Morgan fingerprint density at radius 3 is 2.72 bits per heavy atom. The third kappa shape index (κ3) is 5.57. The number of pyridine rings is 1. The van der Waals surface area contributed by atoms with Crippen molar-refractivity contribution in [3.63, 3.8) is 0 Å². The third-order valence-electron chi connectivity index (χ3n) is 5.87. The number of rotatable bonds is 6. The monoisotopic (exact) mass is 451 g/mol. The molecule has 0 aromatic carbocycles. The summed E-state index contributed by atoms with van der Waals surface area (Å²) in [4.78, 5) is 28.5. The van der Waals surface area contributed by atoms with Crippen molar-refractivity contribution in [1.82, 2.24) is 20.5 Å². The molecule has 2 amide bonds. The largest absolute Gasteiger partial charge is 0.446 e. The molecule has 2 aliphatic rings. The number of nitrogens with one attached hydrogen (secondary N) is 3. The van der Waals surface area contributed by atoms with Crippen LogP contribution in [-0.2, 0) is 4.74 Å². The van der Waals surface area contributed by atoms with Gasteiger partial charge in [-0.2, -0.15) is 18.3 Å². The van der Waals surface area contributed by atoms with Gasteiger partial charge in [0.15, 0.2) is 5.82 Å². The molecule has 0 aliphatic heterocycles. The average molecular weight is 451 g/mol. The molecule has 0 spiro atoms. The predicted octanol–water partition coefficient (Wildman–Crippen LogP) is 4.21. The second kappa shape index (κ2) is 8.44. The zero-order chi connectivity index (χ0) is 22.9. The highest BCUT2D eigenvalue weighted by Crippen LogP contribution is 2.44. The third-order valence-corrected chi connectivity index (χ3v) is 5.87. The van der Waals surface area contributed by atoms with Crippen LogP contribution in [0, 0.1) is 6.92 Å². The van der Waals surface area contributed by atoms with E-state index in [0.717, 1.165) is 17.8 Å². The van der Waals surface area contributed by atoms with E-state index in [1.807, 2.05) is 6.92 Å². The molecule has 8 nitrogen and oxygen atoms in total. The molecule has 2 unspecified atom stereocenters. The van der Waals surface area contributed by atoms with Gasteiger partial charge in [-0.05, 0) is 51.2 Å². The van der Waals surface area contributed by atoms with E-state index in [0.29, 0.717) is 37.1 Å². The molecule has 2 aromatic heterocycles. The van der Waals surface area contributed by atoms with Crippen molar-refractivity contribution in [3.05, 3.63) is 41.3 Å². The van der Waals surface area contributed by atoms with Crippen molar-refractivity contribution in [2.45, 2.75) is 69.2 Å². The molecular formula is C21H24F3N5O3. The molecule has 11 heteroatoms. The first-order valence-corrected chi connectivity index (χ1v) is 10.5. The van der Waals surface area contributed by atoms with E-state index in [4.69, 9.17) is 4.74 Å². The van der Waals surface area contributed by atoms with E-state index in [-0.39, 0.29) is 17.9 Å². The number of anilines is 1. The maximum Gasteiger partial charge on any atom is 0.407 e. The lowest BCUT2D eigenvalue weighted by Gasteiger charge is -2.20. The van der Waals surface area contributed by atoms with E-state index in [2.05, 4.69) is 25.8 Å². The lowest BCUT2D eigenvalue weighted by atomic mass is 10.0. The maximum absolute atomic E-state index is 12.6. The van der Waals surface area contributed by atoms with Crippen LogP contribution in [0.5, 0.6) is 0 Å². The Morgan fingerprint density at radius 2 is 2.06 bits per heavy atom. The van der Waals surface area contributed by atoms with Gasteiger partial charge in [-0.15, -0.1) is 0 Å². The lowest BCUT2D eigenvalue weighted by molar-refractivity contribution is -0.141. The summed E-state index contributed by atoms with van der Waals surface area (Å²) < 4.78 is 43.3. The molecule has 0 radical (unpaired) electrons. The Hall–Kier alpha value is -3.11. The Morgan fingerprint density at radius 1 is 1.28 bits per heavy atom. The maximum atomic E-state index is 12.6. The molecule has 2 heterocycles. The van der Waals surface area contributed by atoms with Crippen molar-refractivity contribution in [1.29, 1.82) is 0 Å². The molecule has 0 saturated heterocycles. The van der Waals surface area contributed by atoms with Gasteiger partial charge in [0.1, 0.15) is 6.10 Å². The van der Waals surface area contributed by atoms with Gasteiger partial charge in [-0.1, -0.05) is 0 Å². The predicted molar refractivity (Wildman–Crippen MR) is 108 cm³/mol. The highest BCUT2D eigenvalue weighted by molar-refractivity contribution is 6.03. The fraction of sp³-hybridized carbons (Fsp3) is 0.524. The second-order valence-corrected chi connectivity index (χ2v) is 8.59. The molecule has 3 N–H and O–H groups in total. The molecule has 2 saturated carbocycles. The van der Waals surface area contributed by atoms with Crippen LogP contribution >= 0.6 is 0 Å². The molecule has 172 valence electrons. The number of halogens is 3. The number of carbonyl (C=O) groups is 2. The normalized spacial score (nSPS) is 21.8. The van der Waals surface area contributed by atoms with E-state index < -0.39 is 24.2 Å². The summed E-state index contributed by atoms with van der Waals surface area (Å²) in [6, 6.07) is 5.15. The Balaban J connectivity index is 1.27. The van der Waals surface area contributed by atoms with Crippen molar-refractivity contribution >= 4 is 17.8 Å². The molecule has 2 fully saturated rings. The van der Waals surface area contributed by atoms with Crippen molar-refractivity contribution in [2.75, 3.05) is 5.32 Å². The number of aromatic nitrogens is 3. The first-order chi connectivity index (χ1) is 15.1. The quantitative estimate of drug-likeness (QED) is 0.610. The minimum absolute atomic E-state index is 0.0389. The van der Waals surface area contributed by atoms with E-state index in [1.54, 1.807) is 18.2 Å². The number of nitrogens with zero attached hydrogens (tertiary/aromatic N) is 2. The molecular weight excluding hydrogens is 427 g/mol. The number of alkyl halides is 3. The Bertz CT molecular complexity index is 985. The van der Waals surface area contributed by atoms with Gasteiger partial charge in [-0.25, -0.2) is 4.79 Å². The number of aromatic amines is 1.